The number of sulfonamides is 1. The molecule has 45 heavy (non-hydrogen) atoms. The van der Waals surface area contributed by atoms with Crippen molar-refractivity contribution in [3.8, 4) is 11.5 Å². The summed E-state index contributed by atoms with van der Waals surface area (Å²) < 4.78 is 34.0. The van der Waals surface area contributed by atoms with E-state index in [2.05, 4.69) is 15.4 Å². The number of likely N-dealkylation sites (tertiary alicyclic amines) is 2. The fraction of sp³-hybridized carbons (Fsp3) is 0.323. The van der Waals surface area contributed by atoms with Gasteiger partial charge in [-0.2, -0.15) is 4.72 Å². The van der Waals surface area contributed by atoms with Crippen LogP contribution in [0, 0.1) is 0 Å². The Morgan fingerprint density at radius 1 is 0.978 bits per heavy atom. The third kappa shape index (κ3) is 9.30. The van der Waals surface area contributed by atoms with Gasteiger partial charge in [0, 0.05) is 41.6 Å². The van der Waals surface area contributed by atoms with Crippen LogP contribution in [0.2, 0.25) is 4.34 Å². The Kier molecular flexibility index (Phi) is 10.8. The maximum Gasteiger partial charge on any atom is 0.319 e. The van der Waals surface area contributed by atoms with Gasteiger partial charge in [0.1, 0.15) is 17.5 Å². The number of hydrogen-bond donors (Lipinski definition) is 3. The van der Waals surface area contributed by atoms with E-state index < -0.39 is 28.0 Å². The molecule has 2 unspecified atom stereocenters. The molecule has 2 saturated heterocycles. The monoisotopic (exact) mass is 671 g/mol. The number of hydrogen-bond acceptors (Lipinski definition) is 7. The topological polar surface area (TPSA) is 137 Å². The molecule has 4 amide bonds. The summed E-state index contributed by atoms with van der Waals surface area (Å²) in [7, 11) is -3.89. The summed E-state index contributed by atoms with van der Waals surface area (Å²) in [6.07, 6.45) is 3.82. The Hall–Kier alpha value is -3.91. The summed E-state index contributed by atoms with van der Waals surface area (Å²) >= 11 is 7.14. The predicted molar refractivity (Wildman–Crippen MR) is 175 cm³/mol. The molecule has 3 N–H and O–H groups in total. The highest BCUT2D eigenvalue weighted by Gasteiger charge is 2.35. The van der Waals surface area contributed by atoms with Crippen LogP contribution in [-0.4, -0.2) is 74.3 Å². The molecular weight excluding hydrogens is 638 g/mol. The van der Waals surface area contributed by atoms with Gasteiger partial charge in [-0.05, 0) is 80.3 Å². The molecule has 0 radical (unpaired) electrons. The van der Waals surface area contributed by atoms with Gasteiger partial charge in [-0.25, -0.2) is 13.2 Å². The van der Waals surface area contributed by atoms with Crippen LogP contribution in [0.4, 0.5) is 10.5 Å². The average molecular weight is 672 g/mol. The second-order valence-corrected chi connectivity index (χ2v) is 14.1. The highest BCUT2D eigenvalue weighted by Crippen LogP contribution is 2.24. The lowest BCUT2D eigenvalue weighted by Crippen LogP contribution is -2.55. The minimum absolute atomic E-state index is 0.152. The SMILES string of the molecule is O=C(NCC1CCCN1C(=O)CN1CCCC(NS(=O)(=O)/C=C/c2ccc(Cl)s2)C1=O)Nc1ccc(Oc2ccccc2)cc1. The number of para-hydroxylation sites is 1. The molecule has 3 heterocycles. The summed E-state index contributed by atoms with van der Waals surface area (Å²) in [6.45, 7) is 0.984. The molecule has 0 spiro atoms. The van der Waals surface area contributed by atoms with Crippen molar-refractivity contribution in [2.75, 3.05) is 31.5 Å². The van der Waals surface area contributed by atoms with Gasteiger partial charge in [0.05, 0.1) is 10.9 Å². The number of benzene rings is 2. The maximum absolute atomic E-state index is 13.3. The van der Waals surface area contributed by atoms with Crippen LogP contribution < -0.4 is 20.1 Å². The number of thiophene rings is 1. The van der Waals surface area contributed by atoms with Crippen LogP contribution in [0.25, 0.3) is 6.08 Å². The molecule has 0 bridgehead atoms. The number of ether oxygens (including phenoxy) is 1. The Balaban J connectivity index is 1.08. The Morgan fingerprint density at radius 2 is 1.71 bits per heavy atom. The van der Waals surface area contributed by atoms with E-state index >= 15 is 0 Å². The fourth-order valence-corrected chi connectivity index (χ4v) is 7.34. The normalized spacial score (nSPS) is 18.7. The van der Waals surface area contributed by atoms with E-state index in [9.17, 15) is 22.8 Å². The first kappa shape index (κ1) is 32.5. The molecule has 0 aliphatic carbocycles. The third-order valence-electron chi connectivity index (χ3n) is 7.46. The zero-order chi connectivity index (χ0) is 31.8. The molecule has 0 saturated carbocycles. The number of halogens is 1. The quantitative estimate of drug-likeness (QED) is 0.266. The first-order valence-corrected chi connectivity index (χ1v) is 17.3. The minimum atomic E-state index is -3.89. The van der Waals surface area contributed by atoms with Gasteiger partial charge in [0.15, 0.2) is 0 Å². The van der Waals surface area contributed by atoms with Crippen LogP contribution in [0.3, 0.4) is 0 Å². The second-order valence-electron chi connectivity index (χ2n) is 10.7. The Bertz CT molecular complexity index is 1630. The summed E-state index contributed by atoms with van der Waals surface area (Å²) in [5.41, 5.74) is 0.590. The molecule has 5 rings (SSSR count). The minimum Gasteiger partial charge on any atom is -0.457 e. The van der Waals surface area contributed by atoms with Crippen LogP contribution >= 0.6 is 22.9 Å². The number of piperidine rings is 1. The van der Waals surface area contributed by atoms with Gasteiger partial charge >= 0.3 is 6.03 Å². The molecule has 1 aromatic heterocycles. The molecule has 2 atom stereocenters. The van der Waals surface area contributed by atoms with Crippen LogP contribution in [-0.2, 0) is 19.6 Å². The van der Waals surface area contributed by atoms with Gasteiger partial charge in [-0.3, -0.25) is 9.59 Å². The smallest absolute Gasteiger partial charge is 0.319 e. The van der Waals surface area contributed by atoms with Gasteiger partial charge in [-0.15, -0.1) is 11.3 Å². The molecule has 11 nitrogen and oxygen atoms in total. The largest absolute Gasteiger partial charge is 0.457 e. The average Bonchev–Trinajstić information content (AvgIpc) is 3.67. The van der Waals surface area contributed by atoms with Crippen molar-refractivity contribution in [2.45, 2.75) is 37.8 Å². The first-order valence-electron chi connectivity index (χ1n) is 14.6. The number of carbonyl (C=O) groups is 3. The first-order chi connectivity index (χ1) is 21.6. The van der Waals surface area contributed by atoms with Crippen molar-refractivity contribution in [3.05, 3.63) is 81.4 Å². The summed E-state index contributed by atoms with van der Waals surface area (Å²) in [5.74, 6) is 0.684. The van der Waals surface area contributed by atoms with Crippen molar-refractivity contribution in [2.24, 2.45) is 0 Å². The number of anilines is 1. The zero-order valence-electron chi connectivity index (χ0n) is 24.4. The van der Waals surface area contributed by atoms with Crippen LogP contribution in [0.5, 0.6) is 11.5 Å². The van der Waals surface area contributed by atoms with Gasteiger partial charge in [-0.1, -0.05) is 29.8 Å². The highest BCUT2D eigenvalue weighted by molar-refractivity contribution is 7.92. The number of urea groups is 1. The number of nitrogens with zero attached hydrogens (tertiary/aromatic N) is 2. The van der Waals surface area contributed by atoms with Crippen molar-refractivity contribution < 1.29 is 27.5 Å². The lowest BCUT2D eigenvalue weighted by atomic mass is 10.1. The van der Waals surface area contributed by atoms with Crippen LogP contribution in [0.1, 0.15) is 30.6 Å². The second kappa shape index (κ2) is 14.9. The highest BCUT2D eigenvalue weighted by atomic mass is 35.5. The lowest BCUT2D eigenvalue weighted by molar-refractivity contribution is -0.143. The van der Waals surface area contributed by atoms with E-state index in [-0.39, 0.29) is 25.0 Å². The molecule has 2 aliphatic rings. The Labute approximate surface area is 271 Å². The summed E-state index contributed by atoms with van der Waals surface area (Å²) in [6, 6.07) is 18.2. The molecule has 238 valence electrons. The molecule has 2 aromatic carbocycles. The van der Waals surface area contributed by atoms with Crippen molar-refractivity contribution in [1.29, 1.82) is 0 Å². The number of rotatable bonds is 11. The zero-order valence-corrected chi connectivity index (χ0v) is 26.7. The molecular formula is C31H34ClN5O6S2. The maximum atomic E-state index is 13.3. The lowest BCUT2D eigenvalue weighted by Gasteiger charge is -2.34. The fourth-order valence-electron chi connectivity index (χ4n) is 5.27. The van der Waals surface area contributed by atoms with E-state index in [0.717, 1.165) is 18.2 Å². The predicted octanol–water partition coefficient (Wildman–Crippen LogP) is 4.89. The van der Waals surface area contributed by atoms with E-state index in [1.165, 1.54) is 22.3 Å². The third-order valence-corrected chi connectivity index (χ3v) is 9.76. The van der Waals surface area contributed by atoms with Gasteiger partial charge in [0.25, 0.3) is 0 Å². The van der Waals surface area contributed by atoms with E-state index in [1.54, 1.807) is 41.3 Å². The van der Waals surface area contributed by atoms with Crippen molar-refractivity contribution >= 4 is 62.6 Å². The Morgan fingerprint density at radius 3 is 2.44 bits per heavy atom. The van der Waals surface area contributed by atoms with Gasteiger partial charge in [0.2, 0.25) is 21.8 Å². The molecule has 3 aromatic rings. The van der Waals surface area contributed by atoms with Crippen molar-refractivity contribution in [3.63, 3.8) is 0 Å². The number of amides is 4. The van der Waals surface area contributed by atoms with E-state index in [4.69, 9.17) is 16.3 Å². The molecule has 2 aliphatic heterocycles. The van der Waals surface area contributed by atoms with Gasteiger partial charge < -0.3 is 25.2 Å². The van der Waals surface area contributed by atoms with Crippen molar-refractivity contribution in [1.82, 2.24) is 19.8 Å². The molecule has 2 fully saturated rings. The number of nitrogens with one attached hydrogen (secondary N) is 3. The summed E-state index contributed by atoms with van der Waals surface area (Å²) in [4.78, 5) is 42.7. The molecule has 14 heteroatoms. The van der Waals surface area contributed by atoms with Crippen LogP contribution in [0.15, 0.2) is 72.1 Å². The van der Waals surface area contributed by atoms with E-state index in [1.807, 2.05) is 30.3 Å². The number of carbonyl (C=O) groups excluding carboxylic acids is 3. The van der Waals surface area contributed by atoms with E-state index in [0.29, 0.717) is 52.3 Å². The standard InChI is InChI=1S/C31H34ClN5O6S2/c32-28-15-14-26(44-28)16-19-45(41,42)35-27-9-5-17-36(30(27)39)21-29(38)37-18-4-6-23(37)20-33-31(40)34-22-10-12-25(13-11-22)43-24-7-2-1-3-8-24/h1-3,7-8,10-16,19,23,27,35H,4-6,9,17-18,20-21H2,(H2,33,34,40)/b19-16+. The summed E-state index contributed by atoms with van der Waals surface area (Å²) in [5, 5.41) is 6.64.